The molecule has 3 heterocycles. The van der Waals surface area contributed by atoms with Gasteiger partial charge in [-0.05, 0) is 13.0 Å². The first kappa shape index (κ1) is 13.8. The fourth-order valence-electron chi connectivity index (χ4n) is 3.55. The van der Waals surface area contributed by atoms with Gasteiger partial charge in [0.1, 0.15) is 0 Å². The van der Waals surface area contributed by atoms with Gasteiger partial charge >= 0.3 is 0 Å². The summed E-state index contributed by atoms with van der Waals surface area (Å²) in [6.07, 6.45) is 1.50. The molecular formula is C17H20N2O3. The third-order valence-electron chi connectivity index (χ3n) is 4.73. The van der Waals surface area contributed by atoms with E-state index in [1.807, 2.05) is 36.1 Å². The number of H-pyrrole nitrogens is 1. The lowest BCUT2D eigenvalue weighted by atomic mass is 10.0. The molecule has 1 amide bonds. The fraction of sp³-hybridized carbons (Fsp3) is 0.471. The van der Waals surface area contributed by atoms with Crippen molar-refractivity contribution in [3.8, 4) is 0 Å². The number of para-hydroxylation sites is 1. The highest BCUT2D eigenvalue weighted by atomic mass is 16.7. The molecule has 0 aliphatic carbocycles. The number of ether oxygens (including phenoxy) is 2. The van der Waals surface area contributed by atoms with Crippen molar-refractivity contribution >= 4 is 16.8 Å². The minimum Gasteiger partial charge on any atom is -0.358 e. The summed E-state index contributed by atoms with van der Waals surface area (Å²) in [4.78, 5) is 18.1. The van der Waals surface area contributed by atoms with Crippen molar-refractivity contribution in [1.82, 2.24) is 9.88 Å². The Hall–Kier alpha value is -1.85. The van der Waals surface area contributed by atoms with Gasteiger partial charge in [-0.3, -0.25) is 4.79 Å². The monoisotopic (exact) mass is 300 g/mol. The standard InChI is InChI=1S/C17H20N2O3/c1-12-15(13-4-2-3-5-14(13)18-12)16(20)19-8-6-17(7-9-19)21-10-11-22-17/h2-5,18H,6-11H2,1H3. The van der Waals surface area contributed by atoms with Crippen LogP contribution in [0.3, 0.4) is 0 Å². The molecule has 2 aliphatic rings. The van der Waals surface area contributed by atoms with E-state index in [2.05, 4.69) is 4.98 Å². The van der Waals surface area contributed by atoms with E-state index in [0.29, 0.717) is 26.3 Å². The lowest BCUT2D eigenvalue weighted by Crippen LogP contribution is -2.47. The first-order chi connectivity index (χ1) is 10.7. The predicted molar refractivity (Wildman–Crippen MR) is 82.8 cm³/mol. The fourth-order valence-corrected chi connectivity index (χ4v) is 3.55. The molecule has 0 radical (unpaired) electrons. The number of nitrogens with one attached hydrogen (secondary N) is 1. The van der Waals surface area contributed by atoms with Gasteiger partial charge in [0.15, 0.2) is 5.79 Å². The number of carbonyl (C=O) groups is 1. The largest absolute Gasteiger partial charge is 0.358 e. The molecule has 1 N–H and O–H groups in total. The van der Waals surface area contributed by atoms with E-state index in [4.69, 9.17) is 9.47 Å². The van der Waals surface area contributed by atoms with Crippen LogP contribution in [-0.2, 0) is 9.47 Å². The van der Waals surface area contributed by atoms with E-state index in [1.165, 1.54) is 0 Å². The molecule has 5 heteroatoms. The molecule has 1 aromatic carbocycles. The minimum absolute atomic E-state index is 0.0998. The summed E-state index contributed by atoms with van der Waals surface area (Å²) >= 11 is 0. The molecule has 116 valence electrons. The number of nitrogens with zero attached hydrogens (tertiary/aromatic N) is 1. The van der Waals surface area contributed by atoms with Gasteiger partial charge < -0.3 is 19.4 Å². The van der Waals surface area contributed by atoms with Crippen molar-refractivity contribution in [3.63, 3.8) is 0 Å². The van der Waals surface area contributed by atoms with E-state index in [-0.39, 0.29) is 5.91 Å². The smallest absolute Gasteiger partial charge is 0.256 e. The quantitative estimate of drug-likeness (QED) is 0.880. The topological polar surface area (TPSA) is 54.6 Å². The molecule has 0 atom stereocenters. The SMILES string of the molecule is Cc1[nH]c2ccccc2c1C(=O)N1CCC2(CC1)OCCO2. The Labute approximate surface area is 129 Å². The van der Waals surface area contributed by atoms with Crippen molar-refractivity contribution in [2.75, 3.05) is 26.3 Å². The second-order valence-corrected chi connectivity index (χ2v) is 6.07. The van der Waals surface area contributed by atoms with Crippen LogP contribution >= 0.6 is 0 Å². The Bertz CT molecular complexity index is 706. The predicted octanol–water partition coefficient (Wildman–Crippen LogP) is 2.46. The van der Waals surface area contributed by atoms with Crippen molar-refractivity contribution in [1.29, 1.82) is 0 Å². The second kappa shape index (κ2) is 5.11. The average molecular weight is 300 g/mol. The van der Waals surface area contributed by atoms with Crippen LogP contribution in [0, 0.1) is 6.92 Å². The molecule has 1 aromatic heterocycles. The van der Waals surface area contributed by atoms with Gasteiger partial charge in [0.2, 0.25) is 0 Å². The molecule has 2 saturated heterocycles. The number of rotatable bonds is 1. The Morgan fingerprint density at radius 3 is 2.59 bits per heavy atom. The van der Waals surface area contributed by atoms with Gasteiger partial charge in [0.25, 0.3) is 5.91 Å². The Kier molecular flexibility index (Phi) is 3.20. The first-order valence-corrected chi connectivity index (χ1v) is 7.83. The van der Waals surface area contributed by atoms with Gasteiger partial charge in [-0.2, -0.15) is 0 Å². The van der Waals surface area contributed by atoms with Crippen LogP contribution in [0.2, 0.25) is 0 Å². The Morgan fingerprint density at radius 2 is 1.86 bits per heavy atom. The molecule has 22 heavy (non-hydrogen) atoms. The van der Waals surface area contributed by atoms with Crippen LogP contribution < -0.4 is 0 Å². The van der Waals surface area contributed by atoms with Crippen molar-refractivity contribution in [2.45, 2.75) is 25.6 Å². The highest BCUT2D eigenvalue weighted by Crippen LogP contribution is 2.32. The lowest BCUT2D eigenvalue weighted by molar-refractivity contribution is -0.181. The number of amides is 1. The summed E-state index contributed by atoms with van der Waals surface area (Å²) in [5, 5.41) is 0.999. The zero-order valence-electron chi connectivity index (χ0n) is 12.7. The Balaban J connectivity index is 1.58. The molecule has 2 aromatic rings. The average Bonchev–Trinajstić information content (AvgIpc) is 3.11. The molecule has 2 aliphatic heterocycles. The second-order valence-electron chi connectivity index (χ2n) is 6.07. The van der Waals surface area contributed by atoms with Crippen molar-refractivity contribution in [3.05, 3.63) is 35.5 Å². The van der Waals surface area contributed by atoms with Crippen LogP contribution in [-0.4, -0.2) is 47.9 Å². The maximum absolute atomic E-state index is 12.9. The summed E-state index contributed by atoms with van der Waals surface area (Å²) in [5.41, 5.74) is 2.74. The molecule has 0 saturated carbocycles. The van der Waals surface area contributed by atoms with Crippen LogP contribution in [0.25, 0.3) is 10.9 Å². The summed E-state index contributed by atoms with van der Waals surface area (Å²) in [6, 6.07) is 7.95. The molecule has 0 bridgehead atoms. The van der Waals surface area contributed by atoms with Crippen molar-refractivity contribution < 1.29 is 14.3 Å². The number of carbonyl (C=O) groups excluding carboxylic acids is 1. The highest BCUT2D eigenvalue weighted by Gasteiger charge is 2.41. The Morgan fingerprint density at radius 1 is 1.18 bits per heavy atom. The third-order valence-corrected chi connectivity index (χ3v) is 4.73. The number of aryl methyl sites for hydroxylation is 1. The zero-order valence-corrected chi connectivity index (χ0v) is 12.7. The number of piperidine rings is 1. The molecule has 0 unspecified atom stereocenters. The number of aromatic amines is 1. The van der Waals surface area contributed by atoms with Crippen LogP contribution in [0.1, 0.15) is 28.9 Å². The number of fused-ring (bicyclic) bond motifs is 1. The number of benzene rings is 1. The number of hydrogen-bond acceptors (Lipinski definition) is 3. The summed E-state index contributed by atoms with van der Waals surface area (Å²) < 4.78 is 11.5. The van der Waals surface area contributed by atoms with E-state index in [9.17, 15) is 4.79 Å². The van der Waals surface area contributed by atoms with Gasteiger partial charge in [-0.15, -0.1) is 0 Å². The van der Waals surface area contributed by atoms with Gasteiger partial charge in [-0.1, -0.05) is 18.2 Å². The normalized spacial score (nSPS) is 20.9. The molecule has 5 nitrogen and oxygen atoms in total. The van der Waals surface area contributed by atoms with Crippen molar-refractivity contribution in [2.24, 2.45) is 0 Å². The van der Waals surface area contributed by atoms with Gasteiger partial charge in [-0.25, -0.2) is 0 Å². The van der Waals surface area contributed by atoms with E-state index in [0.717, 1.165) is 35.0 Å². The summed E-state index contributed by atoms with van der Waals surface area (Å²) in [5.74, 6) is -0.339. The van der Waals surface area contributed by atoms with E-state index >= 15 is 0 Å². The number of aromatic nitrogens is 1. The van der Waals surface area contributed by atoms with E-state index in [1.54, 1.807) is 0 Å². The van der Waals surface area contributed by atoms with E-state index < -0.39 is 5.79 Å². The first-order valence-electron chi connectivity index (χ1n) is 7.83. The van der Waals surface area contributed by atoms with Gasteiger partial charge in [0, 0.05) is 42.5 Å². The zero-order chi connectivity index (χ0) is 15.2. The molecular weight excluding hydrogens is 280 g/mol. The maximum Gasteiger partial charge on any atom is 0.256 e. The van der Waals surface area contributed by atoms with Gasteiger partial charge in [0.05, 0.1) is 18.8 Å². The molecule has 4 rings (SSSR count). The van der Waals surface area contributed by atoms with Crippen LogP contribution in [0.15, 0.2) is 24.3 Å². The van der Waals surface area contributed by atoms with Crippen LogP contribution in [0.4, 0.5) is 0 Å². The number of hydrogen-bond donors (Lipinski definition) is 1. The van der Waals surface area contributed by atoms with Crippen LogP contribution in [0.5, 0.6) is 0 Å². The minimum atomic E-state index is -0.438. The highest BCUT2D eigenvalue weighted by molar-refractivity contribution is 6.08. The lowest BCUT2D eigenvalue weighted by Gasteiger charge is -2.37. The summed E-state index contributed by atoms with van der Waals surface area (Å²) in [6.45, 7) is 4.64. The maximum atomic E-state index is 12.9. The molecule has 2 fully saturated rings. The third kappa shape index (κ3) is 2.12. The summed E-state index contributed by atoms with van der Waals surface area (Å²) in [7, 11) is 0. The molecule has 1 spiro atoms. The number of likely N-dealkylation sites (tertiary alicyclic amines) is 1.